The quantitative estimate of drug-likeness (QED) is 0.699. The predicted octanol–water partition coefficient (Wildman–Crippen LogP) is -1.56. The van der Waals surface area contributed by atoms with Gasteiger partial charge in [0, 0.05) is 32.3 Å². The summed E-state index contributed by atoms with van der Waals surface area (Å²) >= 11 is 0. The van der Waals surface area contributed by atoms with Crippen LogP contribution in [0.15, 0.2) is 4.79 Å². The van der Waals surface area contributed by atoms with E-state index in [1.165, 1.54) is 4.68 Å². The third-order valence-corrected chi connectivity index (χ3v) is 3.67. The number of ether oxygens (including phenoxy) is 1. The Morgan fingerprint density at radius 1 is 1.45 bits per heavy atom. The van der Waals surface area contributed by atoms with Crippen LogP contribution in [0.5, 0.6) is 0 Å². The van der Waals surface area contributed by atoms with E-state index in [-0.39, 0.29) is 24.2 Å². The molecule has 2 N–H and O–H groups in total. The number of fused-ring (bicyclic) bond motifs is 1. The van der Waals surface area contributed by atoms with E-state index >= 15 is 0 Å². The maximum absolute atomic E-state index is 12.1. The van der Waals surface area contributed by atoms with Crippen molar-refractivity contribution in [1.82, 2.24) is 25.0 Å². The molecule has 0 aromatic carbocycles. The lowest BCUT2D eigenvalue weighted by Gasteiger charge is -2.22. The van der Waals surface area contributed by atoms with Gasteiger partial charge in [-0.3, -0.25) is 9.36 Å². The lowest BCUT2D eigenvalue weighted by atomic mass is 10.1. The molecule has 0 spiro atoms. The Morgan fingerprint density at radius 3 is 3.00 bits per heavy atom. The van der Waals surface area contributed by atoms with Gasteiger partial charge in [-0.15, -0.1) is 0 Å². The van der Waals surface area contributed by atoms with Crippen LogP contribution in [-0.4, -0.2) is 46.1 Å². The SMILES string of the molecule is O=C(Cn1nc2n(c1=O)CCNC2)NC1CCOCC1. The van der Waals surface area contributed by atoms with Crippen molar-refractivity contribution in [3.8, 4) is 0 Å². The Labute approximate surface area is 116 Å². The Bertz CT molecular complexity index is 544. The summed E-state index contributed by atoms with van der Waals surface area (Å²) in [6, 6.07) is 0.144. The average molecular weight is 281 g/mol. The molecular weight excluding hydrogens is 262 g/mol. The molecule has 0 saturated carbocycles. The van der Waals surface area contributed by atoms with Crippen LogP contribution in [0.3, 0.4) is 0 Å². The molecule has 3 rings (SSSR count). The third-order valence-electron chi connectivity index (χ3n) is 3.67. The second-order valence-corrected chi connectivity index (χ2v) is 5.14. The molecule has 20 heavy (non-hydrogen) atoms. The van der Waals surface area contributed by atoms with E-state index in [2.05, 4.69) is 15.7 Å². The Hall–Kier alpha value is -1.67. The minimum absolute atomic E-state index is 0.0177. The fourth-order valence-corrected chi connectivity index (χ4v) is 2.59. The lowest BCUT2D eigenvalue weighted by Crippen LogP contribution is -2.42. The molecule has 8 nitrogen and oxygen atoms in total. The first-order valence-electron chi connectivity index (χ1n) is 6.98. The van der Waals surface area contributed by atoms with Crippen LogP contribution >= 0.6 is 0 Å². The minimum Gasteiger partial charge on any atom is -0.381 e. The molecule has 0 unspecified atom stereocenters. The Kier molecular flexibility index (Phi) is 3.83. The predicted molar refractivity (Wildman–Crippen MR) is 70.2 cm³/mol. The first-order valence-corrected chi connectivity index (χ1v) is 6.98. The van der Waals surface area contributed by atoms with Crippen molar-refractivity contribution in [2.45, 2.75) is 38.5 Å². The smallest absolute Gasteiger partial charge is 0.346 e. The van der Waals surface area contributed by atoms with Gasteiger partial charge in [-0.25, -0.2) is 9.48 Å². The van der Waals surface area contributed by atoms with E-state index in [1.54, 1.807) is 4.57 Å². The molecule has 2 aliphatic rings. The first kappa shape index (κ1) is 13.3. The van der Waals surface area contributed by atoms with Gasteiger partial charge in [0.15, 0.2) is 0 Å². The van der Waals surface area contributed by atoms with E-state index in [0.717, 1.165) is 19.4 Å². The third kappa shape index (κ3) is 2.75. The molecule has 0 aliphatic carbocycles. The maximum atomic E-state index is 12.1. The van der Waals surface area contributed by atoms with E-state index in [9.17, 15) is 9.59 Å². The number of aromatic nitrogens is 3. The van der Waals surface area contributed by atoms with Gasteiger partial charge in [-0.2, -0.15) is 5.10 Å². The van der Waals surface area contributed by atoms with Crippen LogP contribution in [0.1, 0.15) is 18.7 Å². The number of nitrogens with zero attached hydrogens (tertiary/aromatic N) is 3. The summed E-state index contributed by atoms with van der Waals surface area (Å²) in [5.74, 6) is 0.530. The summed E-state index contributed by atoms with van der Waals surface area (Å²) in [5.41, 5.74) is -0.205. The molecule has 0 bridgehead atoms. The van der Waals surface area contributed by atoms with E-state index in [4.69, 9.17) is 4.74 Å². The molecule has 110 valence electrons. The van der Waals surface area contributed by atoms with Crippen LogP contribution in [0.4, 0.5) is 0 Å². The van der Waals surface area contributed by atoms with Crippen molar-refractivity contribution in [2.24, 2.45) is 0 Å². The monoisotopic (exact) mass is 281 g/mol. The summed E-state index contributed by atoms with van der Waals surface area (Å²) in [6.45, 7) is 3.27. The zero-order chi connectivity index (χ0) is 13.9. The highest BCUT2D eigenvalue weighted by atomic mass is 16.5. The largest absolute Gasteiger partial charge is 0.381 e. The first-order chi connectivity index (χ1) is 9.74. The van der Waals surface area contributed by atoms with Crippen LogP contribution < -0.4 is 16.3 Å². The van der Waals surface area contributed by atoms with Crippen LogP contribution in [0, 0.1) is 0 Å². The molecule has 1 saturated heterocycles. The van der Waals surface area contributed by atoms with Crippen molar-refractivity contribution in [3.05, 3.63) is 16.3 Å². The van der Waals surface area contributed by atoms with Crippen molar-refractivity contribution in [1.29, 1.82) is 0 Å². The van der Waals surface area contributed by atoms with Crippen LogP contribution in [0.2, 0.25) is 0 Å². The number of rotatable bonds is 3. The topological polar surface area (TPSA) is 90.2 Å². The number of hydrogen-bond acceptors (Lipinski definition) is 5. The van der Waals surface area contributed by atoms with Gasteiger partial charge in [0.2, 0.25) is 5.91 Å². The molecule has 3 heterocycles. The molecule has 1 fully saturated rings. The summed E-state index contributed by atoms with van der Waals surface area (Å²) in [6.07, 6.45) is 1.65. The highest BCUT2D eigenvalue weighted by molar-refractivity contribution is 5.75. The average Bonchev–Trinajstić information content (AvgIpc) is 2.77. The number of nitrogens with one attached hydrogen (secondary N) is 2. The van der Waals surface area contributed by atoms with Gasteiger partial charge in [0.05, 0.1) is 6.54 Å². The fourth-order valence-electron chi connectivity index (χ4n) is 2.59. The number of carbonyl (C=O) groups excluding carboxylic acids is 1. The van der Waals surface area contributed by atoms with Gasteiger partial charge < -0.3 is 15.4 Å². The normalized spacial score (nSPS) is 19.6. The molecule has 0 atom stereocenters. The van der Waals surface area contributed by atoms with Crippen molar-refractivity contribution >= 4 is 5.91 Å². The second-order valence-electron chi connectivity index (χ2n) is 5.14. The molecule has 1 amide bonds. The lowest BCUT2D eigenvalue weighted by molar-refractivity contribution is -0.123. The van der Waals surface area contributed by atoms with E-state index in [0.29, 0.717) is 32.1 Å². The zero-order valence-corrected chi connectivity index (χ0v) is 11.3. The molecule has 1 aromatic heterocycles. The number of amides is 1. The van der Waals surface area contributed by atoms with E-state index < -0.39 is 0 Å². The molecule has 2 aliphatic heterocycles. The summed E-state index contributed by atoms with van der Waals surface area (Å²) in [4.78, 5) is 24.0. The summed E-state index contributed by atoms with van der Waals surface area (Å²) in [5, 5.41) is 10.3. The molecule has 8 heteroatoms. The van der Waals surface area contributed by atoms with Gasteiger partial charge >= 0.3 is 5.69 Å². The second kappa shape index (κ2) is 5.76. The summed E-state index contributed by atoms with van der Waals surface area (Å²) < 4.78 is 8.11. The van der Waals surface area contributed by atoms with Gasteiger partial charge in [-0.1, -0.05) is 0 Å². The molecular formula is C12H19N5O3. The fraction of sp³-hybridized carbons (Fsp3) is 0.750. The highest BCUT2D eigenvalue weighted by Crippen LogP contribution is 2.06. The summed E-state index contributed by atoms with van der Waals surface area (Å²) in [7, 11) is 0. The van der Waals surface area contributed by atoms with Gasteiger partial charge in [0.25, 0.3) is 0 Å². The number of carbonyl (C=O) groups is 1. The van der Waals surface area contributed by atoms with Gasteiger partial charge in [-0.05, 0) is 12.8 Å². The maximum Gasteiger partial charge on any atom is 0.346 e. The van der Waals surface area contributed by atoms with Crippen molar-refractivity contribution in [2.75, 3.05) is 19.8 Å². The van der Waals surface area contributed by atoms with E-state index in [1.807, 2.05) is 0 Å². The minimum atomic E-state index is -0.205. The standard InChI is InChI=1S/C12H19N5O3/c18-11(14-9-1-5-20-6-2-9)8-17-12(19)16-4-3-13-7-10(16)15-17/h9,13H,1-8H2,(H,14,18). The van der Waals surface area contributed by atoms with Crippen molar-refractivity contribution < 1.29 is 9.53 Å². The van der Waals surface area contributed by atoms with Crippen LogP contribution in [0.25, 0.3) is 0 Å². The highest BCUT2D eigenvalue weighted by Gasteiger charge is 2.20. The number of hydrogen-bond donors (Lipinski definition) is 2. The zero-order valence-electron chi connectivity index (χ0n) is 11.3. The molecule has 1 aromatic rings. The Balaban J connectivity index is 1.63. The van der Waals surface area contributed by atoms with Crippen molar-refractivity contribution in [3.63, 3.8) is 0 Å². The molecule has 0 radical (unpaired) electrons. The Morgan fingerprint density at radius 2 is 2.25 bits per heavy atom. The van der Waals surface area contributed by atoms with Gasteiger partial charge in [0.1, 0.15) is 12.4 Å². The van der Waals surface area contributed by atoms with Crippen LogP contribution in [-0.2, 0) is 29.2 Å².